The van der Waals surface area contributed by atoms with Crippen LogP contribution in [0.1, 0.15) is 29.2 Å². The smallest absolute Gasteiger partial charge is 0.303 e. The summed E-state index contributed by atoms with van der Waals surface area (Å²) < 4.78 is 36.5. The van der Waals surface area contributed by atoms with Crippen LogP contribution >= 0.6 is 0 Å². The van der Waals surface area contributed by atoms with Crippen molar-refractivity contribution in [2.45, 2.75) is 30.4 Å². The minimum atomic E-state index is -4.04. The predicted molar refractivity (Wildman–Crippen MR) is 147 cm³/mol. The van der Waals surface area contributed by atoms with Crippen molar-refractivity contribution < 1.29 is 22.1 Å². The lowest BCUT2D eigenvalue weighted by Crippen LogP contribution is -2.49. The summed E-state index contributed by atoms with van der Waals surface area (Å²) in [6, 6.07) is 36.3. The van der Waals surface area contributed by atoms with Crippen LogP contribution in [0.3, 0.4) is 0 Å². The van der Waals surface area contributed by atoms with Gasteiger partial charge in [0.1, 0.15) is 12.7 Å². The number of benzene rings is 4. The Bertz CT molecular complexity index is 1330. The molecule has 4 aromatic carbocycles. The van der Waals surface area contributed by atoms with Gasteiger partial charge in [0.15, 0.2) is 0 Å². The molecule has 0 unspecified atom stereocenters. The molecule has 6 nitrogen and oxygen atoms in total. The van der Waals surface area contributed by atoms with Crippen molar-refractivity contribution >= 4 is 16.1 Å². The SMILES string of the molecule is CC(=O)O[C@H](CNC(c1ccccc1)(c1ccccc1)c1ccccc1)COS(=O)(=O)c1ccc(C)cc1. The number of rotatable bonds is 11. The van der Waals surface area contributed by atoms with Gasteiger partial charge < -0.3 is 4.74 Å². The van der Waals surface area contributed by atoms with Crippen molar-refractivity contribution in [2.75, 3.05) is 13.2 Å². The van der Waals surface area contributed by atoms with Crippen LogP contribution in [0.5, 0.6) is 0 Å². The first kappa shape index (κ1) is 27.3. The standard InChI is InChI=1S/C31H31NO5S/c1-24-18-20-30(21-19-24)38(34,35)36-23-29(37-25(2)33)22-32-31(26-12-6-3-7-13-26,27-14-8-4-9-15-27)28-16-10-5-11-17-28/h3-21,29,32H,22-23H2,1-2H3/t29-/m1/s1. The molecule has 0 amide bonds. The average Bonchev–Trinajstić information content (AvgIpc) is 2.94. The zero-order chi connectivity index (χ0) is 27.0. The van der Waals surface area contributed by atoms with Crippen molar-refractivity contribution in [3.63, 3.8) is 0 Å². The predicted octanol–water partition coefficient (Wildman–Crippen LogP) is 5.21. The number of ether oxygens (including phenoxy) is 1. The topological polar surface area (TPSA) is 81.7 Å². The first-order valence-corrected chi connectivity index (χ1v) is 13.8. The minimum absolute atomic E-state index is 0.0461. The van der Waals surface area contributed by atoms with E-state index in [0.717, 1.165) is 22.3 Å². The van der Waals surface area contributed by atoms with Crippen LogP contribution < -0.4 is 5.32 Å². The van der Waals surface area contributed by atoms with Crippen molar-refractivity contribution in [3.8, 4) is 0 Å². The van der Waals surface area contributed by atoms with Gasteiger partial charge in [-0.2, -0.15) is 8.42 Å². The van der Waals surface area contributed by atoms with Crippen LogP contribution in [0.2, 0.25) is 0 Å². The Kier molecular flexibility index (Phi) is 8.73. The molecule has 4 rings (SSSR count). The molecule has 0 aliphatic heterocycles. The Morgan fingerprint density at radius 2 is 1.21 bits per heavy atom. The van der Waals surface area contributed by atoms with Gasteiger partial charge in [-0.3, -0.25) is 14.3 Å². The summed E-state index contributed by atoms with van der Waals surface area (Å²) in [4.78, 5) is 12.0. The first-order valence-electron chi connectivity index (χ1n) is 12.4. The minimum Gasteiger partial charge on any atom is -0.459 e. The molecular formula is C31H31NO5S. The molecular weight excluding hydrogens is 498 g/mol. The van der Waals surface area contributed by atoms with Crippen LogP contribution in [-0.2, 0) is 29.4 Å². The molecule has 0 saturated carbocycles. The second kappa shape index (κ2) is 12.2. The highest BCUT2D eigenvalue weighted by atomic mass is 32.2. The number of esters is 1. The summed E-state index contributed by atoms with van der Waals surface area (Å²) in [5.41, 5.74) is 3.06. The molecule has 0 aromatic heterocycles. The van der Waals surface area contributed by atoms with Gasteiger partial charge in [0, 0.05) is 13.5 Å². The van der Waals surface area contributed by atoms with Crippen LogP contribution in [0.4, 0.5) is 0 Å². The molecule has 1 atom stereocenters. The molecule has 0 fully saturated rings. The molecule has 0 aliphatic carbocycles. The third-order valence-electron chi connectivity index (χ3n) is 6.27. The maximum Gasteiger partial charge on any atom is 0.303 e. The van der Waals surface area contributed by atoms with Gasteiger partial charge in [-0.1, -0.05) is 109 Å². The lowest BCUT2D eigenvalue weighted by atomic mass is 9.77. The van der Waals surface area contributed by atoms with E-state index in [1.165, 1.54) is 19.1 Å². The largest absolute Gasteiger partial charge is 0.459 e. The zero-order valence-corrected chi connectivity index (χ0v) is 22.2. The summed E-state index contributed by atoms with van der Waals surface area (Å²) in [6.45, 7) is 2.96. The molecule has 0 aliphatic rings. The van der Waals surface area contributed by atoms with E-state index in [4.69, 9.17) is 8.92 Å². The monoisotopic (exact) mass is 529 g/mol. The van der Waals surface area contributed by atoms with Gasteiger partial charge in [-0.25, -0.2) is 0 Å². The number of nitrogens with one attached hydrogen (secondary N) is 1. The Labute approximate surface area is 224 Å². The average molecular weight is 530 g/mol. The lowest BCUT2D eigenvalue weighted by Gasteiger charge is -2.38. The van der Waals surface area contributed by atoms with E-state index in [9.17, 15) is 13.2 Å². The van der Waals surface area contributed by atoms with Crippen molar-refractivity contribution in [3.05, 3.63) is 138 Å². The van der Waals surface area contributed by atoms with Crippen LogP contribution in [0.25, 0.3) is 0 Å². The molecule has 38 heavy (non-hydrogen) atoms. The van der Waals surface area contributed by atoms with E-state index >= 15 is 0 Å². The third-order valence-corrected chi connectivity index (χ3v) is 7.56. The fraction of sp³-hybridized carbons (Fsp3) is 0.194. The van der Waals surface area contributed by atoms with E-state index in [0.29, 0.717) is 0 Å². The number of carbonyl (C=O) groups excluding carboxylic acids is 1. The van der Waals surface area contributed by atoms with Gasteiger partial charge in [0.25, 0.3) is 10.1 Å². The summed E-state index contributed by atoms with van der Waals surface area (Å²) in [5, 5.41) is 3.62. The molecule has 0 saturated heterocycles. The van der Waals surface area contributed by atoms with Crippen LogP contribution in [0, 0.1) is 6.92 Å². The maximum absolute atomic E-state index is 12.8. The molecule has 0 radical (unpaired) electrons. The molecule has 1 N–H and O–H groups in total. The van der Waals surface area contributed by atoms with Crippen LogP contribution in [-0.4, -0.2) is 33.6 Å². The summed E-state index contributed by atoms with van der Waals surface area (Å²) in [6.07, 6.45) is -0.872. The summed E-state index contributed by atoms with van der Waals surface area (Å²) >= 11 is 0. The summed E-state index contributed by atoms with van der Waals surface area (Å²) in [7, 11) is -4.04. The van der Waals surface area contributed by atoms with Crippen molar-refractivity contribution in [1.29, 1.82) is 0 Å². The lowest BCUT2D eigenvalue weighted by molar-refractivity contribution is -0.147. The molecule has 4 aromatic rings. The van der Waals surface area contributed by atoms with Crippen molar-refractivity contribution in [2.24, 2.45) is 0 Å². The highest BCUT2D eigenvalue weighted by Gasteiger charge is 2.37. The van der Waals surface area contributed by atoms with Gasteiger partial charge in [0.2, 0.25) is 0 Å². The second-order valence-corrected chi connectivity index (χ2v) is 10.6. The second-order valence-electron chi connectivity index (χ2n) is 9.01. The molecule has 0 spiro atoms. The number of carbonyl (C=O) groups is 1. The molecule has 7 heteroatoms. The van der Waals surface area contributed by atoms with Gasteiger partial charge >= 0.3 is 5.97 Å². The molecule has 0 heterocycles. The Morgan fingerprint density at radius 3 is 1.63 bits per heavy atom. The number of hydrogen-bond acceptors (Lipinski definition) is 6. The van der Waals surface area contributed by atoms with Gasteiger partial charge in [0.05, 0.1) is 10.4 Å². The summed E-state index contributed by atoms with van der Waals surface area (Å²) in [5.74, 6) is -0.530. The van der Waals surface area contributed by atoms with E-state index in [-0.39, 0.29) is 18.0 Å². The van der Waals surface area contributed by atoms with E-state index in [2.05, 4.69) is 5.32 Å². The zero-order valence-electron chi connectivity index (χ0n) is 21.4. The van der Waals surface area contributed by atoms with E-state index in [1.54, 1.807) is 12.1 Å². The Morgan fingerprint density at radius 1 is 0.763 bits per heavy atom. The number of hydrogen-bond donors (Lipinski definition) is 1. The van der Waals surface area contributed by atoms with Gasteiger partial charge in [-0.05, 0) is 35.7 Å². The first-order chi connectivity index (χ1) is 18.3. The quantitative estimate of drug-likeness (QED) is 0.163. The fourth-order valence-corrected chi connectivity index (χ4v) is 5.38. The van der Waals surface area contributed by atoms with Crippen molar-refractivity contribution in [1.82, 2.24) is 5.32 Å². The number of aryl methyl sites for hydroxylation is 1. The highest BCUT2D eigenvalue weighted by Crippen LogP contribution is 2.36. The van der Waals surface area contributed by atoms with Crippen LogP contribution in [0.15, 0.2) is 120 Å². The normalized spacial score (nSPS) is 12.6. The Hall–Kier alpha value is -3.78. The van der Waals surface area contributed by atoms with E-state index in [1.807, 2.05) is 97.9 Å². The van der Waals surface area contributed by atoms with Gasteiger partial charge in [-0.15, -0.1) is 0 Å². The van der Waals surface area contributed by atoms with E-state index < -0.39 is 27.7 Å². The fourth-order valence-electron chi connectivity index (χ4n) is 4.45. The maximum atomic E-state index is 12.8. The molecule has 0 bridgehead atoms. The molecule has 196 valence electrons. The Balaban J connectivity index is 1.67. The third kappa shape index (κ3) is 6.37. The highest BCUT2D eigenvalue weighted by molar-refractivity contribution is 7.86.